The van der Waals surface area contributed by atoms with E-state index < -0.39 is 5.41 Å². The highest BCUT2D eigenvalue weighted by molar-refractivity contribution is 5.84. The van der Waals surface area contributed by atoms with Crippen LogP contribution in [0.4, 0.5) is 0 Å². The normalized spacial score (nSPS) is 20.2. The number of carbonyl (C=O) groups is 1. The Morgan fingerprint density at radius 3 is 2.64 bits per heavy atom. The Labute approximate surface area is 208 Å². The van der Waals surface area contributed by atoms with E-state index >= 15 is 0 Å². The quantitative estimate of drug-likeness (QED) is 0.450. The molecule has 9 nitrogen and oxygen atoms in total. The van der Waals surface area contributed by atoms with Crippen LogP contribution < -0.4 is 11.0 Å². The Morgan fingerprint density at radius 1 is 1.06 bits per heavy atom. The predicted octanol–water partition coefficient (Wildman–Crippen LogP) is 2.16. The van der Waals surface area contributed by atoms with Gasteiger partial charge in [0.05, 0.1) is 29.8 Å². The summed E-state index contributed by atoms with van der Waals surface area (Å²) >= 11 is 0. The highest BCUT2D eigenvalue weighted by Gasteiger charge is 2.45. The largest absolute Gasteiger partial charge is 0.378 e. The molecule has 0 saturated carbocycles. The molecule has 4 aromatic rings. The molecule has 2 aliphatic heterocycles. The molecule has 4 heterocycles. The number of fused-ring (bicyclic) bond motifs is 1. The minimum absolute atomic E-state index is 0.109. The number of rotatable bonds is 5. The van der Waals surface area contributed by atoms with Gasteiger partial charge in [-0.15, -0.1) is 0 Å². The van der Waals surface area contributed by atoms with E-state index in [2.05, 4.69) is 38.7 Å². The van der Waals surface area contributed by atoms with Gasteiger partial charge in [0.15, 0.2) is 0 Å². The van der Waals surface area contributed by atoms with Crippen molar-refractivity contribution in [3.8, 4) is 16.8 Å². The van der Waals surface area contributed by atoms with E-state index in [1.165, 1.54) is 0 Å². The second kappa shape index (κ2) is 9.33. The Balaban J connectivity index is 1.29. The maximum absolute atomic E-state index is 13.6. The fourth-order valence-corrected chi connectivity index (χ4v) is 5.32. The smallest absolute Gasteiger partial charge is 0.347 e. The number of nitrogens with zero attached hydrogens (tertiary/aromatic N) is 4. The zero-order valence-corrected chi connectivity index (χ0v) is 19.9. The third-order valence-electron chi connectivity index (χ3n) is 7.30. The first-order valence-electron chi connectivity index (χ1n) is 12.3. The molecule has 6 rings (SSSR count). The summed E-state index contributed by atoms with van der Waals surface area (Å²) in [6.45, 7) is 3.64. The third-order valence-corrected chi connectivity index (χ3v) is 7.30. The lowest BCUT2D eigenvalue weighted by atomic mass is 9.81. The number of hydrogen-bond donors (Lipinski definition) is 2. The van der Waals surface area contributed by atoms with Crippen LogP contribution >= 0.6 is 0 Å². The molecule has 0 unspecified atom stereocenters. The molecule has 0 spiro atoms. The first-order chi connectivity index (χ1) is 17.6. The highest BCUT2D eigenvalue weighted by atomic mass is 16.5. The lowest BCUT2D eigenvalue weighted by molar-refractivity contribution is -0.145. The molecular formula is C27H28N6O3. The van der Waals surface area contributed by atoms with Gasteiger partial charge in [0.2, 0.25) is 5.91 Å². The Bertz CT molecular complexity index is 1450. The predicted molar refractivity (Wildman–Crippen MR) is 136 cm³/mol. The summed E-state index contributed by atoms with van der Waals surface area (Å²) in [5, 5.41) is 11.4. The van der Waals surface area contributed by atoms with Crippen LogP contribution in [0.25, 0.3) is 27.7 Å². The van der Waals surface area contributed by atoms with Gasteiger partial charge in [0.25, 0.3) is 0 Å². The molecule has 0 radical (unpaired) electrons. The fourth-order valence-electron chi connectivity index (χ4n) is 5.32. The number of pyridine rings is 1. The van der Waals surface area contributed by atoms with E-state index in [-0.39, 0.29) is 11.6 Å². The molecule has 0 aliphatic carbocycles. The van der Waals surface area contributed by atoms with Crippen molar-refractivity contribution in [1.29, 1.82) is 0 Å². The maximum Gasteiger partial charge on any atom is 0.347 e. The van der Waals surface area contributed by atoms with Crippen LogP contribution in [0, 0.1) is 5.41 Å². The van der Waals surface area contributed by atoms with E-state index in [9.17, 15) is 9.59 Å². The number of H-pyrrole nitrogens is 1. The van der Waals surface area contributed by atoms with Gasteiger partial charge in [0.1, 0.15) is 5.82 Å². The Kier molecular flexibility index (Phi) is 5.86. The molecule has 2 aromatic heterocycles. The van der Waals surface area contributed by atoms with Crippen molar-refractivity contribution in [2.75, 3.05) is 39.4 Å². The SMILES string of the molecule is O=C(N1CCOCC1)[C@]1(Cc2n[nH]c(=O)n2-c2ccc(-c3ccc4cccnc4c3)cc2)CCNC1. The third kappa shape index (κ3) is 4.10. The average molecular weight is 485 g/mol. The van der Waals surface area contributed by atoms with Crippen molar-refractivity contribution in [2.45, 2.75) is 12.8 Å². The van der Waals surface area contributed by atoms with Crippen LogP contribution in [0.2, 0.25) is 0 Å². The van der Waals surface area contributed by atoms with Gasteiger partial charge >= 0.3 is 5.69 Å². The number of benzene rings is 2. The number of ether oxygens (including phenoxy) is 1. The fraction of sp³-hybridized carbons (Fsp3) is 0.333. The second-order valence-electron chi connectivity index (χ2n) is 9.53. The number of amides is 1. The average Bonchev–Trinajstić information content (AvgIpc) is 3.56. The van der Waals surface area contributed by atoms with Crippen LogP contribution in [0.3, 0.4) is 0 Å². The molecule has 184 valence electrons. The van der Waals surface area contributed by atoms with Gasteiger partial charge in [-0.25, -0.2) is 14.5 Å². The standard InChI is InChI=1S/C27H28N6O3/c34-25(32-12-14-36-15-13-32)27(9-11-28-18-27)17-24-30-31-26(35)33(24)22-7-5-19(6-8-22)21-4-3-20-2-1-10-29-23(20)16-21/h1-8,10,16,28H,9,11-15,17-18H2,(H,31,35)/t27-/m0/s1. The van der Waals surface area contributed by atoms with Crippen molar-refractivity contribution in [1.82, 2.24) is 30.0 Å². The van der Waals surface area contributed by atoms with Gasteiger partial charge in [-0.2, -0.15) is 5.10 Å². The van der Waals surface area contributed by atoms with Gasteiger partial charge in [-0.05, 0) is 48.4 Å². The summed E-state index contributed by atoms with van der Waals surface area (Å²) in [5.41, 5.74) is 2.80. The molecule has 2 aliphatic rings. The molecule has 2 N–H and O–H groups in total. The van der Waals surface area contributed by atoms with E-state index in [0.717, 1.165) is 28.6 Å². The monoisotopic (exact) mass is 484 g/mol. The number of nitrogens with one attached hydrogen (secondary N) is 2. The van der Waals surface area contributed by atoms with Crippen LogP contribution in [0.15, 0.2) is 65.6 Å². The summed E-state index contributed by atoms with van der Waals surface area (Å²) in [6, 6.07) is 18.0. The van der Waals surface area contributed by atoms with Crippen molar-refractivity contribution >= 4 is 16.8 Å². The molecular weight excluding hydrogens is 456 g/mol. The lowest BCUT2D eigenvalue weighted by Crippen LogP contribution is -2.50. The summed E-state index contributed by atoms with van der Waals surface area (Å²) < 4.78 is 7.01. The Hall–Kier alpha value is -3.82. The second-order valence-corrected chi connectivity index (χ2v) is 9.53. The maximum atomic E-state index is 13.6. The molecule has 1 atom stereocenters. The van der Waals surface area contributed by atoms with Gasteiger partial charge in [0, 0.05) is 37.6 Å². The van der Waals surface area contributed by atoms with Crippen LogP contribution in [-0.4, -0.2) is 69.9 Å². The van der Waals surface area contributed by atoms with Gasteiger partial charge < -0.3 is 15.0 Å². The zero-order valence-electron chi connectivity index (χ0n) is 19.9. The first kappa shape index (κ1) is 22.6. The first-order valence-corrected chi connectivity index (χ1v) is 12.3. The number of aromatic amines is 1. The number of carbonyl (C=O) groups excluding carboxylic acids is 1. The van der Waals surface area contributed by atoms with Crippen LogP contribution in [-0.2, 0) is 16.0 Å². The van der Waals surface area contributed by atoms with Crippen molar-refractivity contribution in [3.63, 3.8) is 0 Å². The van der Waals surface area contributed by atoms with E-state index in [1.807, 2.05) is 41.3 Å². The lowest BCUT2D eigenvalue weighted by Gasteiger charge is -2.35. The molecule has 1 amide bonds. The minimum atomic E-state index is -0.626. The number of aromatic nitrogens is 4. The molecule has 2 aromatic carbocycles. The van der Waals surface area contributed by atoms with Crippen molar-refractivity contribution < 1.29 is 9.53 Å². The van der Waals surface area contributed by atoms with Crippen LogP contribution in [0.1, 0.15) is 12.2 Å². The number of morpholine rings is 1. The molecule has 2 saturated heterocycles. The molecule has 0 bridgehead atoms. The van der Waals surface area contributed by atoms with E-state index in [0.29, 0.717) is 57.2 Å². The Morgan fingerprint density at radius 2 is 1.86 bits per heavy atom. The van der Waals surface area contributed by atoms with Crippen molar-refractivity contribution in [3.05, 3.63) is 77.1 Å². The summed E-state index contributed by atoms with van der Waals surface area (Å²) in [6.07, 6.45) is 2.88. The molecule has 2 fully saturated rings. The summed E-state index contributed by atoms with van der Waals surface area (Å²) in [5.74, 6) is 0.672. The zero-order chi connectivity index (χ0) is 24.5. The topological polar surface area (TPSA) is 105 Å². The van der Waals surface area contributed by atoms with Gasteiger partial charge in [-0.3, -0.25) is 9.78 Å². The highest BCUT2D eigenvalue weighted by Crippen LogP contribution is 2.33. The van der Waals surface area contributed by atoms with Crippen molar-refractivity contribution in [2.24, 2.45) is 5.41 Å². The van der Waals surface area contributed by atoms with Crippen LogP contribution in [0.5, 0.6) is 0 Å². The number of hydrogen-bond acceptors (Lipinski definition) is 6. The summed E-state index contributed by atoms with van der Waals surface area (Å²) in [4.78, 5) is 32.7. The minimum Gasteiger partial charge on any atom is -0.378 e. The van der Waals surface area contributed by atoms with E-state index in [4.69, 9.17) is 4.74 Å². The van der Waals surface area contributed by atoms with Gasteiger partial charge in [-0.1, -0.05) is 30.3 Å². The molecule has 9 heteroatoms. The van der Waals surface area contributed by atoms with E-state index in [1.54, 1.807) is 10.8 Å². The summed E-state index contributed by atoms with van der Waals surface area (Å²) in [7, 11) is 0. The molecule has 36 heavy (non-hydrogen) atoms.